The van der Waals surface area contributed by atoms with Crippen molar-refractivity contribution in [1.82, 2.24) is 5.32 Å². The molecule has 0 aliphatic heterocycles. The zero-order chi connectivity index (χ0) is 14.5. The third-order valence-electron chi connectivity index (χ3n) is 2.93. The van der Waals surface area contributed by atoms with Gasteiger partial charge in [-0.1, -0.05) is 13.8 Å². The van der Waals surface area contributed by atoms with E-state index in [0.717, 1.165) is 4.47 Å². The van der Waals surface area contributed by atoms with Crippen molar-refractivity contribution in [3.05, 3.63) is 28.2 Å². The van der Waals surface area contributed by atoms with Crippen LogP contribution >= 0.6 is 15.9 Å². The van der Waals surface area contributed by atoms with Gasteiger partial charge in [0.2, 0.25) is 0 Å². The summed E-state index contributed by atoms with van der Waals surface area (Å²) in [4.78, 5) is 12.0. The number of nitrogens with one attached hydrogen (secondary N) is 1. The van der Waals surface area contributed by atoms with Gasteiger partial charge >= 0.3 is 0 Å². The summed E-state index contributed by atoms with van der Waals surface area (Å²) in [6, 6.07) is 5.20. The third-order valence-corrected chi connectivity index (χ3v) is 3.55. The number of halogens is 1. The largest absolute Gasteiger partial charge is 0.496 e. The smallest absolute Gasteiger partial charge is 0.251 e. The number of benzene rings is 1. The van der Waals surface area contributed by atoms with Crippen LogP contribution in [-0.2, 0) is 0 Å². The Morgan fingerprint density at radius 3 is 2.68 bits per heavy atom. The molecule has 0 saturated heterocycles. The number of rotatable bonds is 6. The Morgan fingerprint density at radius 2 is 2.16 bits per heavy atom. The molecule has 1 amide bonds. The molecule has 0 unspecified atom stereocenters. The summed E-state index contributed by atoms with van der Waals surface area (Å²) in [6.07, 6.45) is 0.652. The lowest BCUT2D eigenvalue weighted by atomic mass is 9.89. The summed E-state index contributed by atoms with van der Waals surface area (Å²) in [6.45, 7) is 4.66. The molecule has 0 spiro atoms. The van der Waals surface area contributed by atoms with Gasteiger partial charge in [-0.2, -0.15) is 0 Å². The van der Waals surface area contributed by atoms with Gasteiger partial charge in [0.25, 0.3) is 5.91 Å². The molecule has 4 nitrogen and oxygen atoms in total. The van der Waals surface area contributed by atoms with E-state index in [1.165, 1.54) is 0 Å². The normalized spacial score (nSPS) is 11.2. The first-order chi connectivity index (χ1) is 8.89. The van der Waals surface area contributed by atoms with Crippen molar-refractivity contribution >= 4 is 21.8 Å². The SMILES string of the molecule is COc1ccc(C(=O)NCC(C)(C)CCO)cc1Br. The highest BCUT2D eigenvalue weighted by atomic mass is 79.9. The molecular formula is C14H20BrNO3. The minimum absolute atomic E-state index is 0.117. The Bertz CT molecular complexity index is 446. The van der Waals surface area contributed by atoms with Gasteiger partial charge in [-0.3, -0.25) is 4.79 Å². The van der Waals surface area contributed by atoms with Crippen molar-refractivity contribution in [1.29, 1.82) is 0 Å². The van der Waals surface area contributed by atoms with Gasteiger partial charge < -0.3 is 15.2 Å². The number of methoxy groups -OCH3 is 1. The topological polar surface area (TPSA) is 58.6 Å². The zero-order valence-electron chi connectivity index (χ0n) is 11.5. The number of amides is 1. The lowest BCUT2D eigenvalue weighted by molar-refractivity contribution is 0.0928. The standard InChI is InChI=1S/C14H20BrNO3/c1-14(2,6-7-17)9-16-13(18)10-4-5-12(19-3)11(15)8-10/h4-5,8,17H,6-7,9H2,1-3H3,(H,16,18). The lowest BCUT2D eigenvalue weighted by Crippen LogP contribution is -2.34. The molecule has 1 aromatic carbocycles. The first-order valence-corrected chi connectivity index (χ1v) is 6.91. The average Bonchev–Trinajstić information content (AvgIpc) is 2.36. The number of hydrogen-bond donors (Lipinski definition) is 2. The van der Waals surface area contributed by atoms with Gasteiger partial charge in [0.1, 0.15) is 5.75 Å². The van der Waals surface area contributed by atoms with Crippen LogP contribution in [0.15, 0.2) is 22.7 Å². The second kappa shape index (κ2) is 6.91. The molecule has 0 heterocycles. The average molecular weight is 330 g/mol. The second-order valence-corrected chi connectivity index (χ2v) is 6.02. The zero-order valence-corrected chi connectivity index (χ0v) is 13.1. The van der Waals surface area contributed by atoms with Crippen LogP contribution in [0.1, 0.15) is 30.6 Å². The molecule has 0 fully saturated rings. The number of carbonyl (C=O) groups is 1. The summed E-state index contributed by atoms with van der Waals surface area (Å²) in [5.41, 5.74) is 0.459. The summed E-state index contributed by atoms with van der Waals surface area (Å²) in [5, 5.41) is 11.8. The monoisotopic (exact) mass is 329 g/mol. The second-order valence-electron chi connectivity index (χ2n) is 5.17. The molecule has 0 saturated carbocycles. The first kappa shape index (κ1) is 16.0. The quantitative estimate of drug-likeness (QED) is 0.843. The lowest BCUT2D eigenvalue weighted by Gasteiger charge is -2.23. The van der Waals surface area contributed by atoms with Crippen LogP contribution in [-0.4, -0.2) is 31.3 Å². The minimum atomic E-state index is -0.130. The molecule has 5 heteroatoms. The van der Waals surface area contributed by atoms with E-state index in [4.69, 9.17) is 9.84 Å². The summed E-state index contributed by atoms with van der Waals surface area (Å²) in [5.74, 6) is 0.562. The van der Waals surface area contributed by atoms with Crippen LogP contribution in [0.5, 0.6) is 5.75 Å². The maximum Gasteiger partial charge on any atom is 0.251 e. The number of ether oxygens (including phenoxy) is 1. The molecule has 0 bridgehead atoms. The van der Waals surface area contributed by atoms with Crippen molar-refractivity contribution in [2.75, 3.05) is 20.3 Å². The molecule has 106 valence electrons. The highest BCUT2D eigenvalue weighted by Crippen LogP contribution is 2.25. The van der Waals surface area contributed by atoms with E-state index in [-0.39, 0.29) is 17.9 Å². The molecule has 0 aromatic heterocycles. The summed E-state index contributed by atoms with van der Waals surface area (Å²) < 4.78 is 5.87. The molecule has 1 aromatic rings. The Labute approximate surface area is 122 Å². The summed E-state index contributed by atoms with van der Waals surface area (Å²) >= 11 is 3.35. The van der Waals surface area contributed by atoms with Gasteiger partial charge in [-0.25, -0.2) is 0 Å². The van der Waals surface area contributed by atoms with E-state index in [2.05, 4.69) is 21.2 Å². The van der Waals surface area contributed by atoms with Crippen LogP contribution in [0.25, 0.3) is 0 Å². The van der Waals surface area contributed by atoms with E-state index in [0.29, 0.717) is 24.3 Å². The van der Waals surface area contributed by atoms with E-state index in [9.17, 15) is 4.79 Å². The Hall–Kier alpha value is -1.07. The Kier molecular flexibility index (Phi) is 5.82. The molecular weight excluding hydrogens is 310 g/mol. The van der Waals surface area contributed by atoms with Crippen molar-refractivity contribution < 1.29 is 14.6 Å². The van der Waals surface area contributed by atoms with Crippen molar-refractivity contribution in [2.24, 2.45) is 5.41 Å². The predicted octanol–water partition coefficient (Wildman–Crippen LogP) is 2.60. The maximum absolute atomic E-state index is 12.0. The van der Waals surface area contributed by atoms with Crippen LogP contribution in [0.2, 0.25) is 0 Å². The van der Waals surface area contributed by atoms with Crippen LogP contribution in [0.4, 0.5) is 0 Å². The Balaban J connectivity index is 2.66. The number of aliphatic hydroxyl groups excluding tert-OH is 1. The fourth-order valence-corrected chi connectivity index (χ4v) is 2.16. The van der Waals surface area contributed by atoms with Gasteiger partial charge in [-0.05, 0) is 46.0 Å². The van der Waals surface area contributed by atoms with Gasteiger partial charge in [0.15, 0.2) is 0 Å². The number of aliphatic hydroxyl groups is 1. The molecule has 19 heavy (non-hydrogen) atoms. The first-order valence-electron chi connectivity index (χ1n) is 6.12. The molecule has 0 aliphatic carbocycles. The molecule has 0 atom stereocenters. The highest BCUT2D eigenvalue weighted by Gasteiger charge is 2.18. The fraction of sp³-hybridized carbons (Fsp3) is 0.500. The van der Waals surface area contributed by atoms with Crippen molar-refractivity contribution in [3.63, 3.8) is 0 Å². The maximum atomic E-state index is 12.0. The molecule has 2 N–H and O–H groups in total. The van der Waals surface area contributed by atoms with Crippen molar-refractivity contribution in [3.8, 4) is 5.75 Å². The van der Waals surface area contributed by atoms with E-state index in [1.54, 1.807) is 25.3 Å². The fourth-order valence-electron chi connectivity index (χ4n) is 1.62. The molecule has 0 aliphatic rings. The highest BCUT2D eigenvalue weighted by molar-refractivity contribution is 9.10. The van der Waals surface area contributed by atoms with Crippen molar-refractivity contribution in [2.45, 2.75) is 20.3 Å². The third kappa shape index (κ3) is 4.84. The van der Waals surface area contributed by atoms with E-state index >= 15 is 0 Å². The minimum Gasteiger partial charge on any atom is -0.496 e. The van der Waals surface area contributed by atoms with Crippen LogP contribution < -0.4 is 10.1 Å². The van der Waals surface area contributed by atoms with Gasteiger partial charge in [0, 0.05) is 18.7 Å². The molecule has 0 radical (unpaired) electrons. The van der Waals surface area contributed by atoms with Crippen LogP contribution in [0.3, 0.4) is 0 Å². The van der Waals surface area contributed by atoms with Gasteiger partial charge in [0.05, 0.1) is 11.6 Å². The number of hydrogen-bond acceptors (Lipinski definition) is 3. The van der Waals surface area contributed by atoms with E-state index < -0.39 is 0 Å². The molecule has 1 rings (SSSR count). The predicted molar refractivity (Wildman–Crippen MR) is 78.5 cm³/mol. The van der Waals surface area contributed by atoms with Gasteiger partial charge in [-0.15, -0.1) is 0 Å². The van der Waals surface area contributed by atoms with E-state index in [1.807, 2.05) is 13.8 Å². The Morgan fingerprint density at radius 1 is 1.47 bits per heavy atom. The summed E-state index contributed by atoms with van der Waals surface area (Å²) in [7, 11) is 1.58. The van der Waals surface area contributed by atoms with Crippen LogP contribution in [0, 0.1) is 5.41 Å². The number of carbonyl (C=O) groups excluding carboxylic acids is 1.